The zero-order valence-corrected chi connectivity index (χ0v) is 16.3. The Morgan fingerprint density at radius 3 is 2.44 bits per heavy atom. The number of thioether (sulfide) groups is 1. The van der Waals surface area contributed by atoms with Crippen LogP contribution in [0.15, 0.2) is 52.7 Å². The van der Waals surface area contributed by atoms with Gasteiger partial charge in [-0.25, -0.2) is 0 Å². The molecular weight excluding hydrogens is 377 g/mol. The molecule has 7 heteroatoms. The molecule has 2 rings (SSSR count). The monoisotopic (exact) mass is 395 g/mol. The largest absolute Gasteiger partial charge is 0.488 e. The van der Waals surface area contributed by atoms with Crippen molar-refractivity contribution in [2.24, 2.45) is 15.9 Å². The van der Waals surface area contributed by atoms with Gasteiger partial charge in [0.15, 0.2) is 10.9 Å². The number of amidine groups is 1. The quantitative estimate of drug-likeness (QED) is 0.406. The highest BCUT2D eigenvalue weighted by molar-refractivity contribution is 8.13. The van der Waals surface area contributed by atoms with E-state index in [-0.39, 0.29) is 6.10 Å². The number of rotatable bonds is 6. The van der Waals surface area contributed by atoms with Gasteiger partial charge in [-0.15, -0.1) is 5.10 Å². The zero-order valence-electron chi connectivity index (χ0n) is 13.9. The number of ether oxygens (including phenoxy) is 1. The van der Waals surface area contributed by atoms with E-state index in [1.54, 1.807) is 18.3 Å². The van der Waals surface area contributed by atoms with E-state index in [2.05, 4.69) is 10.2 Å². The summed E-state index contributed by atoms with van der Waals surface area (Å²) in [7, 11) is 0. The van der Waals surface area contributed by atoms with Crippen molar-refractivity contribution in [1.82, 2.24) is 0 Å². The van der Waals surface area contributed by atoms with Crippen LogP contribution in [0, 0.1) is 0 Å². The van der Waals surface area contributed by atoms with Crippen LogP contribution in [0.2, 0.25) is 10.0 Å². The summed E-state index contributed by atoms with van der Waals surface area (Å²) in [5.41, 5.74) is 7.74. The van der Waals surface area contributed by atoms with E-state index in [0.717, 1.165) is 11.3 Å². The van der Waals surface area contributed by atoms with Gasteiger partial charge in [0.1, 0.15) is 0 Å². The molecule has 132 valence electrons. The average Bonchev–Trinajstić information content (AvgIpc) is 2.57. The molecule has 2 N–H and O–H groups in total. The second kappa shape index (κ2) is 9.70. The summed E-state index contributed by atoms with van der Waals surface area (Å²) in [6, 6.07) is 13.5. The van der Waals surface area contributed by atoms with Crippen LogP contribution in [0.5, 0.6) is 5.75 Å². The van der Waals surface area contributed by atoms with Gasteiger partial charge in [-0.1, -0.05) is 65.3 Å². The Labute approximate surface area is 162 Å². The molecule has 0 saturated heterocycles. The van der Waals surface area contributed by atoms with Gasteiger partial charge < -0.3 is 10.5 Å². The van der Waals surface area contributed by atoms with Crippen molar-refractivity contribution in [3.8, 4) is 5.75 Å². The molecule has 0 saturated carbocycles. The molecule has 0 aliphatic heterocycles. The first-order valence-electron chi connectivity index (χ1n) is 7.64. The molecule has 0 heterocycles. The Morgan fingerprint density at radius 1 is 1.20 bits per heavy atom. The minimum absolute atomic E-state index is 0.0134. The smallest absolute Gasteiger partial charge is 0.180 e. The molecule has 0 radical (unpaired) electrons. The number of hydrogen-bond acceptors (Lipinski definition) is 4. The Balaban J connectivity index is 1.98. The highest BCUT2D eigenvalue weighted by Gasteiger charge is 2.10. The summed E-state index contributed by atoms with van der Waals surface area (Å²) >= 11 is 13.8. The summed E-state index contributed by atoms with van der Waals surface area (Å²) in [4.78, 5) is 0. The van der Waals surface area contributed by atoms with Crippen molar-refractivity contribution >= 4 is 46.3 Å². The fourth-order valence-electron chi connectivity index (χ4n) is 1.92. The van der Waals surface area contributed by atoms with Crippen molar-refractivity contribution < 1.29 is 4.74 Å². The fourth-order valence-corrected chi connectivity index (χ4v) is 3.12. The predicted molar refractivity (Wildman–Crippen MR) is 109 cm³/mol. The lowest BCUT2D eigenvalue weighted by molar-refractivity contribution is 0.243. The standard InChI is InChI=1S/C18H19Cl2N3OS/c1-12(2)24-17-15(19)8-14(9-16(17)20)10-22-23-18(21)25-11-13-6-4-3-5-7-13/h3-10,12H,11H2,1-2H3,(H2,21,23). The van der Waals surface area contributed by atoms with E-state index in [1.807, 2.05) is 44.2 Å². The topological polar surface area (TPSA) is 60.0 Å². The third-order valence-corrected chi connectivity index (χ3v) is 4.38. The van der Waals surface area contributed by atoms with Gasteiger partial charge >= 0.3 is 0 Å². The lowest BCUT2D eigenvalue weighted by atomic mass is 10.2. The summed E-state index contributed by atoms with van der Waals surface area (Å²) in [5.74, 6) is 1.21. The van der Waals surface area contributed by atoms with Crippen molar-refractivity contribution in [3.05, 3.63) is 63.6 Å². The van der Waals surface area contributed by atoms with Crippen molar-refractivity contribution in [2.75, 3.05) is 0 Å². The van der Waals surface area contributed by atoms with Crippen molar-refractivity contribution in [3.63, 3.8) is 0 Å². The summed E-state index contributed by atoms with van der Waals surface area (Å²) in [6.45, 7) is 3.82. The van der Waals surface area contributed by atoms with Crippen LogP contribution in [-0.2, 0) is 5.75 Å². The van der Waals surface area contributed by atoms with Crippen LogP contribution >= 0.6 is 35.0 Å². The molecule has 0 unspecified atom stereocenters. The first-order valence-corrected chi connectivity index (χ1v) is 9.38. The highest BCUT2D eigenvalue weighted by Crippen LogP contribution is 2.34. The van der Waals surface area contributed by atoms with Gasteiger partial charge in [-0.05, 0) is 37.1 Å². The number of nitrogens with two attached hydrogens (primary N) is 1. The van der Waals surface area contributed by atoms with Gasteiger partial charge in [0.2, 0.25) is 0 Å². The molecule has 2 aromatic rings. The molecule has 0 aromatic heterocycles. The maximum atomic E-state index is 6.20. The molecule has 2 aromatic carbocycles. The first kappa shape index (κ1) is 19.6. The number of halogens is 2. The van der Waals surface area contributed by atoms with Gasteiger partial charge in [0.05, 0.1) is 22.4 Å². The average molecular weight is 396 g/mol. The van der Waals surface area contributed by atoms with E-state index in [1.165, 1.54) is 17.3 Å². The van der Waals surface area contributed by atoms with Crippen LogP contribution in [0.1, 0.15) is 25.0 Å². The van der Waals surface area contributed by atoms with Gasteiger partial charge in [0, 0.05) is 5.75 Å². The van der Waals surface area contributed by atoms with Crippen LogP contribution in [-0.4, -0.2) is 17.5 Å². The van der Waals surface area contributed by atoms with E-state index in [9.17, 15) is 0 Å². The molecule has 0 atom stereocenters. The van der Waals surface area contributed by atoms with E-state index >= 15 is 0 Å². The van der Waals surface area contributed by atoms with Gasteiger partial charge in [-0.2, -0.15) is 5.10 Å². The Kier molecular flexibility index (Phi) is 7.62. The van der Waals surface area contributed by atoms with Crippen LogP contribution in [0.3, 0.4) is 0 Å². The van der Waals surface area contributed by atoms with Crippen molar-refractivity contribution in [2.45, 2.75) is 25.7 Å². The van der Waals surface area contributed by atoms with E-state index in [0.29, 0.717) is 21.0 Å². The summed E-state index contributed by atoms with van der Waals surface area (Å²) in [5, 5.41) is 9.20. The molecule has 0 aliphatic rings. The summed E-state index contributed by atoms with van der Waals surface area (Å²) in [6.07, 6.45) is 1.54. The predicted octanol–water partition coefficient (Wildman–Crippen LogP) is 5.36. The Bertz CT molecular complexity index is 741. The van der Waals surface area contributed by atoms with E-state index < -0.39 is 0 Å². The van der Waals surface area contributed by atoms with Crippen molar-refractivity contribution in [1.29, 1.82) is 0 Å². The molecule has 25 heavy (non-hydrogen) atoms. The highest BCUT2D eigenvalue weighted by atomic mass is 35.5. The molecule has 0 spiro atoms. The first-order chi connectivity index (χ1) is 12.0. The molecule has 0 aliphatic carbocycles. The lowest BCUT2D eigenvalue weighted by Gasteiger charge is -2.13. The third-order valence-electron chi connectivity index (χ3n) is 2.97. The van der Waals surface area contributed by atoms with Gasteiger partial charge in [-0.3, -0.25) is 0 Å². The second-order valence-corrected chi connectivity index (χ2v) is 7.25. The maximum absolute atomic E-state index is 6.20. The minimum Gasteiger partial charge on any atom is -0.488 e. The molecular formula is C18H19Cl2N3OS. The van der Waals surface area contributed by atoms with E-state index in [4.69, 9.17) is 33.7 Å². The Morgan fingerprint density at radius 2 is 1.84 bits per heavy atom. The second-order valence-electron chi connectivity index (χ2n) is 5.44. The third kappa shape index (κ3) is 6.61. The van der Waals surface area contributed by atoms with Gasteiger partial charge in [0.25, 0.3) is 0 Å². The number of benzene rings is 2. The lowest BCUT2D eigenvalue weighted by Crippen LogP contribution is -2.07. The molecule has 0 bridgehead atoms. The SMILES string of the molecule is CC(C)Oc1c(Cl)cc(C=NN=C(N)SCc2ccccc2)cc1Cl. The number of nitrogens with zero attached hydrogens (tertiary/aromatic N) is 2. The van der Waals surface area contributed by atoms with Crippen LogP contribution in [0.25, 0.3) is 0 Å². The fraction of sp³-hybridized carbons (Fsp3) is 0.222. The summed E-state index contributed by atoms with van der Waals surface area (Å²) < 4.78 is 5.59. The maximum Gasteiger partial charge on any atom is 0.180 e. The minimum atomic E-state index is -0.0134. The number of hydrogen-bond donors (Lipinski definition) is 1. The normalized spacial score (nSPS) is 12.1. The zero-order chi connectivity index (χ0) is 18.2. The molecule has 0 fully saturated rings. The Hall–Kier alpha value is -1.69. The molecule has 4 nitrogen and oxygen atoms in total. The van der Waals surface area contributed by atoms with Crippen LogP contribution < -0.4 is 10.5 Å². The molecule has 0 amide bonds. The van der Waals surface area contributed by atoms with Crippen LogP contribution in [0.4, 0.5) is 0 Å².